The first-order valence-corrected chi connectivity index (χ1v) is 14.8. The predicted molar refractivity (Wildman–Crippen MR) is 158 cm³/mol. The number of hydrogen-bond acceptors (Lipinski definition) is 10. The number of pyridine rings is 1. The third-order valence-corrected chi connectivity index (χ3v) is 7.29. The summed E-state index contributed by atoms with van der Waals surface area (Å²) in [7, 11) is 1.40. The standard InChI is InChI=1S/C32H44N2O9/c1-6-39-19-28(35)41-20-42-30-27(38-5)14-15-33-29(30)31(36)34-26-18-40-17-24(16-23-10-8-7-9-11-23)25(13-12-21(2)3)22(4)43-32(26)37/h7-11,14-15,21-22,24-26H,6,12-13,16-20H2,1-5H3,(H,34,36)/t22-,24-,25-,26-/m0/s1. The van der Waals surface area contributed by atoms with Crippen LogP contribution in [0.3, 0.4) is 0 Å². The average Bonchev–Trinajstić information content (AvgIpc) is 3.03. The lowest BCUT2D eigenvalue weighted by atomic mass is 9.80. The van der Waals surface area contributed by atoms with Crippen LogP contribution >= 0.6 is 0 Å². The summed E-state index contributed by atoms with van der Waals surface area (Å²) < 4.78 is 32.9. The molecular weight excluding hydrogens is 556 g/mol. The molecule has 0 aliphatic carbocycles. The molecule has 1 aromatic heterocycles. The predicted octanol–water partition coefficient (Wildman–Crippen LogP) is 3.98. The van der Waals surface area contributed by atoms with Crippen molar-refractivity contribution in [3.63, 3.8) is 0 Å². The number of benzene rings is 1. The van der Waals surface area contributed by atoms with E-state index in [0.717, 1.165) is 19.3 Å². The highest BCUT2D eigenvalue weighted by atomic mass is 16.7. The fourth-order valence-electron chi connectivity index (χ4n) is 4.99. The van der Waals surface area contributed by atoms with E-state index in [4.69, 9.17) is 28.4 Å². The lowest BCUT2D eigenvalue weighted by Gasteiger charge is -2.31. The number of amides is 1. The molecule has 11 heteroatoms. The SMILES string of the molecule is CCOCC(=O)OCOc1c(OC)ccnc1C(=O)N[C@H]1COC[C@H](Cc2ccccc2)[C@@H](CCC(C)C)[C@H](C)OC1=O. The van der Waals surface area contributed by atoms with Crippen LogP contribution in [0.25, 0.3) is 0 Å². The highest BCUT2D eigenvalue weighted by molar-refractivity contribution is 5.98. The van der Waals surface area contributed by atoms with Gasteiger partial charge in [-0.05, 0) is 44.1 Å². The van der Waals surface area contributed by atoms with Crippen molar-refractivity contribution in [1.82, 2.24) is 10.3 Å². The van der Waals surface area contributed by atoms with Gasteiger partial charge in [0.1, 0.15) is 12.7 Å². The molecule has 2 heterocycles. The molecular formula is C32H44N2O9. The van der Waals surface area contributed by atoms with Gasteiger partial charge in [0.2, 0.25) is 6.79 Å². The number of nitrogens with zero attached hydrogens (tertiary/aromatic N) is 1. The third kappa shape index (κ3) is 10.5. The Hall–Kier alpha value is -3.70. The van der Waals surface area contributed by atoms with E-state index >= 15 is 0 Å². The van der Waals surface area contributed by atoms with Crippen LogP contribution in [0, 0.1) is 17.8 Å². The van der Waals surface area contributed by atoms with Gasteiger partial charge >= 0.3 is 11.9 Å². The van der Waals surface area contributed by atoms with E-state index in [-0.39, 0.29) is 48.3 Å². The summed E-state index contributed by atoms with van der Waals surface area (Å²) in [5.74, 6) is -1.09. The van der Waals surface area contributed by atoms with Crippen molar-refractivity contribution in [2.45, 2.75) is 59.1 Å². The number of cyclic esters (lactones) is 1. The largest absolute Gasteiger partial charge is 0.493 e. The molecule has 1 aliphatic heterocycles. The monoisotopic (exact) mass is 600 g/mol. The smallest absolute Gasteiger partial charge is 0.334 e. The Bertz CT molecular complexity index is 1170. The summed E-state index contributed by atoms with van der Waals surface area (Å²) in [6.45, 7) is 7.97. The first kappa shape index (κ1) is 33.8. The minimum absolute atomic E-state index is 0.0471. The Morgan fingerprint density at radius 2 is 1.91 bits per heavy atom. The van der Waals surface area contributed by atoms with Crippen molar-refractivity contribution in [2.24, 2.45) is 17.8 Å². The zero-order valence-corrected chi connectivity index (χ0v) is 25.7. The Morgan fingerprint density at radius 3 is 2.60 bits per heavy atom. The number of esters is 2. The maximum atomic E-state index is 13.4. The Kier molecular flexibility index (Phi) is 13.7. The maximum absolute atomic E-state index is 13.4. The first-order chi connectivity index (χ1) is 20.7. The molecule has 2 aromatic rings. The number of rotatable bonds is 14. The topological polar surface area (TPSA) is 132 Å². The average molecular weight is 601 g/mol. The molecule has 1 fully saturated rings. The van der Waals surface area contributed by atoms with Gasteiger partial charge in [-0.15, -0.1) is 0 Å². The molecule has 1 amide bonds. The fourth-order valence-corrected chi connectivity index (χ4v) is 4.99. The maximum Gasteiger partial charge on any atom is 0.334 e. The summed E-state index contributed by atoms with van der Waals surface area (Å²) in [6.07, 6.45) is 3.64. The van der Waals surface area contributed by atoms with Gasteiger partial charge in [-0.1, -0.05) is 50.6 Å². The van der Waals surface area contributed by atoms with E-state index in [1.54, 1.807) is 6.92 Å². The molecule has 0 bridgehead atoms. The Balaban J connectivity index is 1.75. The lowest BCUT2D eigenvalue weighted by molar-refractivity contribution is -0.156. The fraction of sp³-hybridized carbons (Fsp3) is 0.562. The van der Waals surface area contributed by atoms with Crippen molar-refractivity contribution in [1.29, 1.82) is 0 Å². The second-order valence-corrected chi connectivity index (χ2v) is 10.9. The van der Waals surface area contributed by atoms with E-state index < -0.39 is 30.7 Å². The quantitative estimate of drug-likeness (QED) is 0.251. The number of aromatic nitrogens is 1. The zero-order chi connectivity index (χ0) is 31.2. The molecule has 236 valence electrons. The van der Waals surface area contributed by atoms with Crippen molar-refractivity contribution in [2.75, 3.05) is 40.3 Å². The molecule has 0 radical (unpaired) electrons. The van der Waals surface area contributed by atoms with E-state index in [1.807, 2.05) is 25.1 Å². The molecule has 1 aliphatic rings. The number of carbonyl (C=O) groups excluding carboxylic acids is 3. The Labute approximate surface area is 253 Å². The molecule has 43 heavy (non-hydrogen) atoms. The number of ether oxygens (including phenoxy) is 6. The van der Waals surface area contributed by atoms with Crippen molar-refractivity contribution < 1.29 is 42.8 Å². The van der Waals surface area contributed by atoms with Crippen molar-refractivity contribution in [3.05, 3.63) is 53.9 Å². The van der Waals surface area contributed by atoms with Crippen LogP contribution in [0.2, 0.25) is 0 Å². The molecule has 3 rings (SSSR count). The van der Waals surface area contributed by atoms with Gasteiger partial charge in [0, 0.05) is 24.8 Å². The van der Waals surface area contributed by atoms with Crippen molar-refractivity contribution >= 4 is 17.8 Å². The van der Waals surface area contributed by atoms with E-state index in [1.165, 1.54) is 24.9 Å². The third-order valence-electron chi connectivity index (χ3n) is 7.29. The van der Waals surface area contributed by atoms with Gasteiger partial charge in [0.15, 0.2) is 23.2 Å². The molecule has 0 saturated carbocycles. The highest BCUT2D eigenvalue weighted by Gasteiger charge is 2.35. The Morgan fingerprint density at radius 1 is 1.14 bits per heavy atom. The zero-order valence-electron chi connectivity index (χ0n) is 25.7. The van der Waals surface area contributed by atoms with Crippen LogP contribution in [0.1, 0.15) is 56.6 Å². The molecule has 1 aromatic carbocycles. The van der Waals surface area contributed by atoms with Crippen LogP contribution in [0.5, 0.6) is 11.5 Å². The van der Waals surface area contributed by atoms with Gasteiger partial charge in [-0.25, -0.2) is 14.6 Å². The second kappa shape index (κ2) is 17.4. The van der Waals surface area contributed by atoms with Crippen LogP contribution in [-0.4, -0.2) is 75.3 Å². The van der Waals surface area contributed by atoms with Gasteiger partial charge in [-0.3, -0.25) is 4.79 Å². The number of hydrogen-bond donors (Lipinski definition) is 1. The second-order valence-electron chi connectivity index (χ2n) is 10.9. The molecule has 11 nitrogen and oxygen atoms in total. The number of nitrogens with one attached hydrogen (secondary N) is 1. The summed E-state index contributed by atoms with van der Waals surface area (Å²) in [5, 5.41) is 2.69. The number of carbonyl (C=O) groups is 3. The summed E-state index contributed by atoms with van der Waals surface area (Å²) in [5.41, 5.74) is 1.03. The van der Waals surface area contributed by atoms with E-state index in [9.17, 15) is 14.4 Å². The van der Waals surface area contributed by atoms with E-state index in [2.05, 4.69) is 36.3 Å². The minimum atomic E-state index is -1.08. The van der Waals surface area contributed by atoms with Gasteiger partial charge in [-0.2, -0.15) is 0 Å². The lowest BCUT2D eigenvalue weighted by Crippen LogP contribution is -2.46. The minimum Gasteiger partial charge on any atom is -0.493 e. The van der Waals surface area contributed by atoms with Crippen LogP contribution in [-0.2, 0) is 35.0 Å². The van der Waals surface area contributed by atoms with Gasteiger partial charge in [0.25, 0.3) is 5.91 Å². The van der Waals surface area contributed by atoms with Crippen LogP contribution < -0.4 is 14.8 Å². The summed E-state index contributed by atoms with van der Waals surface area (Å²) >= 11 is 0. The molecule has 4 atom stereocenters. The van der Waals surface area contributed by atoms with Gasteiger partial charge in [0.05, 0.1) is 20.3 Å². The van der Waals surface area contributed by atoms with Crippen molar-refractivity contribution in [3.8, 4) is 11.5 Å². The first-order valence-electron chi connectivity index (χ1n) is 14.8. The van der Waals surface area contributed by atoms with Crippen LogP contribution in [0.4, 0.5) is 0 Å². The van der Waals surface area contributed by atoms with E-state index in [0.29, 0.717) is 19.1 Å². The van der Waals surface area contributed by atoms with Crippen LogP contribution in [0.15, 0.2) is 42.6 Å². The molecule has 0 spiro atoms. The van der Waals surface area contributed by atoms with Gasteiger partial charge < -0.3 is 33.7 Å². The normalized spacial score (nSPS) is 20.7. The summed E-state index contributed by atoms with van der Waals surface area (Å²) in [6, 6.07) is 10.6. The highest BCUT2D eigenvalue weighted by Crippen LogP contribution is 2.31. The molecule has 1 N–H and O–H groups in total. The summed E-state index contributed by atoms with van der Waals surface area (Å²) in [4.78, 5) is 42.6. The molecule has 1 saturated heterocycles. The number of methoxy groups -OCH3 is 1. The molecule has 0 unspecified atom stereocenters.